The standard InChI is InChI=1S/C12H26N2O3S/c1-10-6-5-7-12(8-10,9-15)14-18(16,17)13-11(2,3)4/h10,13-15H,5-9H2,1-4H3. The maximum absolute atomic E-state index is 12.1. The van der Waals surface area contributed by atoms with Gasteiger partial charge in [-0.15, -0.1) is 0 Å². The molecule has 0 heterocycles. The maximum Gasteiger partial charge on any atom is 0.277 e. The van der Waals surface area contributed by atoms with Crippen LogP contribution in [0.25, 0.3) is 0 Å². The number of aliphatic hydroxyl groups excluding tert-OH is 1. The molecule has 1 rings (SSSR count). The Morgan fingerprint density at radius 3 is 2.44 bits per heavy atom. The van der Waals surface area contributed by atoms with Gasteiger partial charge in [-0.2, -0.15) is 17.9 Å². The van der Waals surface area contributed by atoms with Crippen molar-refractivity contribution in [1.29, 1.82) is 0 Å². The van der Waals surface area contributed by atoms with Crippen molar-refractivity contribution in [2.75, 3.05) is 6.61 Å². The highest BCUT2D eigenvalue weighted by atomic mass is 32.2. The summed E-state index contributed by atoms with van der Waals surface area (Å²) in [7, 11) is -3.59. The molecule has 0 radical (unpaired) electrons. The topological polar surface area (TPSA) is 78.4 Å². The van der Waals surface area contributed by atoms with Gasteiger partial charge in [-0.3, -0.25) is 0 Å². The number of nitrogens with one attached hydrogen (secondary N) is 2. The van der Waals surface area contributed by atoms with Crippen LogP contribution >= 0.6 is 0 Å². The van der Waals surface area contributed by atoms with E-state index in [2.05, 4.69) is 16.4 Å². The Morgan fingerprint density at radius 2 is 2.00 bits per heavy atom. The fourth-order valence-electron chi connectivity index (χ4n) is 2.64. The Kier molecular flexibility index (Phi) is 4.81. The molecule has 108 valence electrons. The van der Waals surface area contributed by atoms with E-state index in [1.54, 1.807) is 20.8 Å². The normalized spacial score (nSPS) is 30.4. The van der Waals surface area contributed by atoms with Crippen LogP contribution in [0.1, 0.15) is 53.4 Å². The Labute approximate surface area is 111 Å². The van der Waals surface area contributed by atoms with Crippen molar-refractivity contribution in [3.8, 4) is 0 Å². The molecule has 3 N–H and O–H groups in total. The molecule has 0 aromatic carbocycles. The average Bonchev–Trinajstić information content (AvgIpc) is 2.12. The van der Waals surface area contributed by atoms with Gasteiger partial charge in [0.05, 0.1) is 12.1 Å². The van der Waals surface area contributed by atoms with Gasteiger partial charge in [0.2, 0.25) is 0 Å². The molecular weight excluding hydrogens is 252 g/mol. The molecule has 0 aromatic heterocycles. The predicted molar refractivity (Wildman–Crippen MR) is 72.4 cm³/mol. The Morgan fingerprint density at radius 1 is 1.39 bits per heavy atom. The number of aliphatic hydroxyl groups is 1. The molecule has 1 saturated carbocycles. The van der Waals surface area contributed by atoms with E-state index < -0.39 is 21.3 Å². The van der Waals surface area contributed by atoms with Crippen LogP contribution in [0, 0.1) is 5.92 Å². The summed E-state index contributed by atoms with van der Waals surface area (Å²) in [4.78, 5) is 0. The van der Waals surface area contributed by atoms with Gasteiger partial charge >= 0.3 is 0 Å². The number of hydrogen-bond donors (Lipinski definition) is 3. The zero-order chi connectivity index (χ0) is 14.0. The molecule has 1 fully saturated rings. The van der Waals surface area contributed by atoms with E-state index in [1.165, 1.54) is 0 Å². The molecule has 2 unspecified atom stereocenters. The smallest absolute Gasteiger partial charge is 0.277 e. The molecule has 2 atom stereocenters. The van der Waals surface area contributed by atoms with E-state index in [9.17, 15) is 13.5 Å². The zero-order valence-electron chi connectivity index (χ0n) is 11.8. The van der Waals surface area contributed by atoms with Crippen molar-refractivity contribution < 1.29 is 13.5 Å². The molecule has 5 nitrogen and oxygen atoms in total. The molecule has 0 aliphatic heterocycles. The van der Waals surface area contributed by atoms with E-state index in [4.69, 9.17) is 0 Å². The van der Waals surface area contributed by atoms with E-state index in [-0.39, 0.29) is 6.61 Å². The fourth-order valence-corrected chi connectivity index (χ4v) is 4.32. The summed E-state index contributed by atoms with van der Waals surface area (Å²) in [5.74, 6) is 0.434. The van der Waals surface area contributed by atoms with Gasteiger partial charge in [-0.25, -0.2) is 0 Å². The van der Waals surface area contributed by atoms with Gasteiger partial charge in [-0.1, -0.05) is 19.8 Å². The lowest BCUT2D eigenvalue weighted by atomic mass is 9.78. The fraction of sp³-hybridized carbons (Fsp3) is 1.00. The van der Waals surface area contributed by atoms with Crippen LogP contribution in [0.5, 0.6) is 0 Å². The second-order valence-corrected chi connectivity index (χ2v) is 8.01. The molecule has 0 bridgehead atoms. The lowest BCUT2D eigenvalue weighted by Crippen LogP contribution is -2.59. The third-order valence-electron chi connectivity index (χ3n) is 3.19. The minimum Gasteiger partial charge on any atom is -0.394 e. The molecule has 1 aliphatic rings. The van der Waals surface area contributed by atoms with Crippen molar-refractivity contribution in [2.24, 2.45) is 5.92 Å². The van der Waals surface area contributed by atoms with Crippen LogP contribution in [0.15, 0.2) is 0 Å². The first-order valence-electron chi connectivity index (χ1n) is 6.51. The van der Waals surface area contributed by atoms with E-state index in [1.807, 2.05) is 0 Å². The summed E-state index contributed by atoms with van der Waals surface area (Å²) < 4.78 is 29.3. The van der Waals surface area contributed by atoms with Crippen LogP contribution in [0.4, 0.5) is 0 Å². The van der Waals surface area contributed by atoms with Crippen molar-refractivity contribution in [2.45, 2.75) is 64.5 Å². The first kappa shape index (κ1) is 15.9. The average molecular weight is 278 g/mol. The maximum atomic E-state index is 12.1. The van der Waals surface area contributed by atoms with Crippen LogP contribution in [0.3, 0.4) is 0 Å². The molecular formula is C12H26N2O3S. The summed E-state index contributed by atoms with van der Waals surface area (Å²) >= 11 is 0. The van der Waals surface area contributed by atoms with Crippen LogP contribution in [-0.2, 0) is 10.2 Å². The SMILES string of the molecule is CC1CCCC(CO)(NS(=O)(=O)NC(C)(C)C)C1. The molecule has 6 heteroatoms. The minimum atomic E-state index is -3.59. The largest absolute Gasteiger partial charge is 0.394 e. The van der Waals surface area contributed by atoms with Gasteiger partial charge in [0.25, 0.3) is 10.2 Å². The van der Waals surface area contributed by atoms with Gasteiger partial charge in [0.15, 0.2) is 0 Å². The first-order valence-corrected chi connectivity index (χ1v) is 8.00. The summed E-state index contributed by atoms with van der Waals surface area (Å²) in [6.45, 7) is 7.32. The van der Waals surface area contributed by atoms with Gasteiger partial charge < -0.3 is 5.11 Å². The Balaban J connectivity index is 2.79. The highest BCUT2D eigenvalue weighted by molar-refractivity contribution is 7.87. The third-order valence-corrected chi connectivity index (χ3v) is 4.77. The summed E-state index contributed by atoms with van der Waals surface area (Å²) in [6, 6.07) is 0. The number of rotatable bonds is 4. The summed E-state index contributed by atoms with van der Waals surface area (Å²) in [6.07, 6.45) is 3.42. The van der Waals surface area contributed by atoms with Crippen molar-refractivity contribution in [1.82, 2.24) is 9.44 Å². The highest BCUT2D eigenvalue weighted by Gasteiger charge is 2.38. The quantitative estimate of drug-likeness (QED) is 0.722. The summed E-state index contributed by atoms with van der Waals surface area (Å²) in [5.41, 5.74) is -1.22. The van der Waals surface area contributed by atoms with Gasteiger partial charge in [0, 0.05) is 5.54 Å². The Hall–Kier alpha value is -0.170. The van der Waals surface area contributed by atoms with Crippen LogP contribution < -0.4 is 9.44 Å². The van der Waals surface area contributed by atoms with Gasteiger partial charge in [-0.05, 0) is 39.5 Å². The van der Waals surface area contributed by atoms with E-state index >= 15 is 0 Å². The lowest BCUT2D eigenvalue weighted by Gasteiger charge is -2.39. The molecule has 0 spiro atoms. The molecule has 1 aliphatic carbocycles. The van der Waals surface area contributed by atoms with Crippen LogP contribution in [0.2, 0.25) is 0 Å². The second kappa shape index (κ2) is 5.45. The van der Waals surface area contributed by atoms with E-state index in [0.717, 1.165) is 12.8 Å². The Bertz CT molecular complexity index is 375. The van der Waals surface area contributed by atoms with Crippen LogP contribution in [-0.4, -0.2) is 31.2 Å². The van der Waals surface area contributed by atoms with Crippen molar-refractivity contribution in [3.63, 3.8) is 0 Å². The monoisotopic (exact) mass is 278 g/mol. The first-order chi connectivity index (χ1) is 8.08. The van der Waals surface area contributed by atoms with Gasteiger partial charge in [0.1, 0.15) is 0 Å². The third kappa shape index (κ3) is 4.84. The second-order valence-electron chi connectivity index (χ2n) is 6.60. The number of hydrogen-bond acceptors (Lipinski definition) is 3. The zero-order valence-corrected chi connectivity index (χ0v) is 12.6. The highest BCUT2D eigenvalue weighted by Crippen LogP contribution is 2.32. The summed E-state index contributed by atoms with van der Waals surface area (Å²) in [5, 5.41) is 9.57. The minimum absolute atomic E-state index is 0.150. The van der Waals surface area contributed by atoms with Crippen molar-refractivity contribution >= 4 is 10.2 Å². The molecule has 0 saturated heterocycles. The lowest BCUT2D eigenvalue weighted by molar-refractivity contribution is 0.119. The molecule has 18 heavy (non-hydrogen) atoms. The van der Waals surface area contributed by atoms with Crippen molar-refractivity contribution in [3.05, 3.63) is 0 Å². The molecule has 0 amide bonds. The predicted octanol–water partition coefficient (Wildman–Crippen LogP) is 1.15. The molecule has 0 aromatic rings. The van der Waals surface area contributed by atoms with E-state index in [0.29, 0.717) is 18.8 Å².